The molecule has 0 bridgehead atoms. The number of nitrogens with one attached hydrogen (secondary N) is 3. The van der Waals surface area contributed by atoms with Gasteiger partial charge in [-0.15, -0.1) is 0 Å². The summed E-state index contributed by atoms with van der Waals surface area (Å²) in [6, 6.07) is 10.3. The molecule has 178 valence electrons. The molecule has 1 aromatic heterocycles. The number of rotatable bonds is 8. The van der Waals surface area contributed by atoms with Crippen LogP contribution in [0.3, 0.4) is 0 Å². The van der Waals surface area contributed by atoms with Crippen LogP contribution in [0.2, 0.25) is 0 Å². The van der Waals surface area contributed by atoms with Crippen molar-refractivity contribution in [3.8, 4) is 11.5 Å². The van der Waals surface area contributed by atoms with E-state index in [1.165, 1.54) is 6.20 Å². The van der Waals surface area contributed by atoms with Crippen LogP contribution in [0, 0.1) is 5.41 Å². The van der Waals surface area contributed by atoms with Crippen LogP contribution in [-0.2, 0) is 4.79 Å². The second-order valence-corrected chi connectivity index (χ2v) is 9.07. The van der Waals surface area contributed by atoms with Gasteiger partial charge < -0.3 is 20.7 Å². The van der Waals surface area contributed by atoms with E-state index in [1.54, 1.807) is 43.4 Å². The Hall–Kier alpha value is -3.87. The first-order chi connectivity index (χ1) is 16.0. The molecule has 1 aromatic carbocycles. The smallest absolute Gasteiger partial charge is 0.269 e. The molecule has 2 amide bonds. The van der Waals surface area contributed by atoms with Crippen molar-refractivity contribution in [3.05, 3.63) is 82.5 Å². The van der Waals surface area contributed by atoms with Gasteiger partial charge in [-0.05, 0) is 63.6 Å². The molecule has 0 saturated heterocycles. The van der Waals surface area contributed by atoms with E-state index in [2.05, 4.69) is 40.9 Å². The SMILES string of the molecule is CNC(=O)c1cc(Oc2ccc(NC(=O)/C(C)=C(/NC(C)=C(C)C)C3=CC3(C)C)cc2)ccn1. The molecule has 3 N–H and O–H groups in total. The number of benzene rings is 1. The van der Waals surface area contributed by atoms with Gasteiger partial charge in [0.2, 0.25) is 0 Å². The molecule has 1 heterocycles. The third-order valence-corrected chi connectivity index (χ3v) is 5.70. The van der Waals surface area contributed by atoms with Gasteiger partial charge in [0.15, 0.2) is 0 Å². The molecule has 0 spiro atoms. The predicted octanol–water partition coefficient (Wildman–Crippen LogP) is 5.32. The topological polar surface area (TPSA) is 92.4 Å². The number of nitrogens with zero attached hydrogens (tertiary/aromatic N) is 1. The highest BCUT2D eigenvalue weighted by molar-refractivity contribution is 6.04. The minimum atomic E-state index is -0.286. The molecule has 0 atom stereocenters. The molecule has 0 radical (unpaired) electrons. The van der Waals surface area contributed by atoms with E-state index >= 15 is 0 Å². The average Bonchev–Trinajstić information content (AvgIpc) is 3.44. The first kappa shape index (κ1) is 24.8. The number of ether oxygens (including phenoxy) is 1. The van der Waals surface area contributed by atoms with Crippen molar-refractivity contribution in [1.82, 2.24) is 15.6 Å². The number of hydrogen-bond donors (Lipinski definition) is 3. The Morgan fingerprint density at radius 2 is 1.62 bits per heavy atom. The van der Waals surface area contributed by atoms with Gasteiger partial charge >= 0.3 is 0 Å². The maximum atomic E-state index is 13.0. The molecule has 0 saturated carbocycles. The number of allylic oxidation sites excluding steroid dienone is 4. The fraction of sp³-hybridized carbons (Fsp3) is 0.296. The monoisotopic (exact) mass is 460 g/mol. The molecule has 34 heavy (non-hydrogen) atoms. The molecule has 1 aliphatic rings. The van der Waals surface area contributed by atoms with Crippen molar-refractivity contribution >= 4 is 17.5 Å². The van der Waals surface area contributed by atoms with E-state index in [1.807, 2.05) is 27.7 Å². The Bertz CT molecular complexity index is 1200. The Balaban J connectivity index is 1.73. The summed E-state index contributed by atoms with van der Waals surface area (Å²) in [5.41, 5.74) is 5.71. The largest absolute Gasteiger partial charge is 0.457 e. The molecular weight excluding hydrogens is 428 g/mol. The van der Waals surface area contributed by atoms with E-state index < -0.39 is 0 Å². The van der Waals surface area contributed by atoms with Gasteiger partial charge in [-0.3, -0.25) is 14.6 Å². The van der Waals surface area contributed by atoms with Crippen molar-refractivity contribution in [2.24, 2.45) is 5.41 Å². The first-order valence-corrected chi connectivity index (χ1v) is 11.1. The van der Waals surface area contributed by atoms with Crippen LogP contribution in [0.4, 0.5) is 5.69 Å². The van der Waals surface area contributed by atoms with Gasteiger partial charge in [0.25, 0.3) is 11.8 Å². The van der Waals surface area contributed by atoms with Gasteiger partial charge in [-0.25, -0.2) is 0 Å². The van der Waals surface area contributed by atoms with Gasteiger partial charge in [-0.1, -0.05) is 25.5 Å². The van der Waals surface area contributed by atoms with E-state index in [0.29, 0.717) is 22.8 Å². The van der Waals surface area contributed by atoms with Gasteiger partial charge in [0.05, 0.1) is 5.70 Å². The van der Waals surface area contributed by atoms with Crippen molar-refractivity contribution in [3.63, 3.8) is 0 Å². The van der Waals surface area contributed by atoms with Crippen LogP contribution in [-0.4, -0.2) is 23.8 Å². The molecule has 0 fully saturated rings. The molecule has 7 heteroatoms. The zero-order valence-electron chi connectivity index (χ0n) is 20.8. The van der Waals surface area contributed by atoms with Crippen LogP contribution >= 0.6 is 0 Å². The van der Waals surface area contributed by atoms with Crippen LogP contribution in [0.25, 0.3) is 0 Å². The third kappa shape index (κ3) is 5.92. The van der Waals surface area contributed by atoms with E-state index in [9.17, 15) is 9.59 Å². The van der Waals surface area contributed by atoms with E-state index in [0.717, 1.165) is 22.5 Å². The number of carbonyl (C=O) groups excluding carboxylic acids is 2. The minimum absolute atomic E-state index is 0.0184. The second kappa shape index (κ2) is 9.95. The van der Waals surface area contributed by atoms with Crippen LogP contribution in [0.15, 0.2) is 76.8 Å². The number of amides is 2. The summed E-state index contributed by atoms with van der Waals surface area (Å²) >= 11 is 0. The summed E-state index contributed by atoms with van der Waals surface area (Å²) in [6.45, 7) is 12.2. The average molecular weight is 461 g/mol. The second-order valence-electron chi connectivity index (χ2n) is 9.07. The number of carbonyl (C=O) groups is 2. The molecule has 2 aromatic rings. The summed E-state index contributed by atoms with van der Waals surface area (Å²) in [5.74, 6) is 0.609. The van der Waals surface area contributed by atoms with Crippen molar-refractivity contribution in [2.45, 2.75) is 41.5 Å². The predicted molar refractivity (Wildman–Crippen MR) is 135 cm³/mol. The van der Waals surface area contributed by atoms with E-state index in [4.69, 9.17) is 4.74 Å². The van der Waals surface area contributed by atoms with Gasteiger partial charge in [0, 0.05) is 41.7 Å². The van der Waals surface area contributed by atoms with Crippen LogP contribution in [0.5, 0.6) is 11.5 Å². The summed E-state index contributed by atoms with van der Waals surface area (Å²) in [6.07, 6.45) is 3.67. The Labute approximate surface area is 201 Å². The van der Waals surface area contributed by atoms with Crippen LogP contribution < -0.4 is 20.7 Å². The number of pyridine rings is 1. The lowest BCUT2D eigenvalue weighted by Crippen LogP contribution is -2.21. The lowest BCUT2D eigenvalue weighted by atomic mass is 10.0. The number of anilines is 1. The first-order valence-electron chi connectivity index (χ1n) is 11.1. The Kier molecular flexibility index (Phi) is 7.25. The molecule has 1 aliphatic carbocycles. The summed E-state index contributed by atoms with van der Waals surface area (Å²) in [4.78, 5) is 28.8. The maximum Gasteiger partial charge on any atom is 0.269 e. The minimum Gasteiger partial charge on any atom is -0.457 e. The normalized spacial score (nSPS) is 14.3. The number of aromatic nitrogens is 1. The summed E-state index contributed by atoms with van der Waals surface area (Å²) in [7, 11) is 1.55. The highest BCUT2D eigenvalue weighted by atomic mass is 16.5. The molecule has 0 aliphatic heterocycles. The lowest BCUT2D eigenvalue weighted by molar-refractivity contribution is -0.112. The van der Waals surface area contributed by atoms with Crippen molar-refractivity contribution in [2.75, 3.05) is 12.4 Å². The molecule has 0 unspecified atom stereocenters. The highest BCUT2D eigenvalue weighted by Gasteiger charge is 2.38. The maximum absolute atomic E-state index is 13.0. The molecular formula is C27H32N4O3. The lowest BCUT2D eigenvalue weighted by Gasteiger charge is -2.17. The van der Waals surface area contributed by atoms with Gasteiger partial charge in [0.1, 0.15) is 17.2 Å². The number of hydrogen-bond acceptors (Lipinski definition) is 5. The summed E-state index contributed by atoms with van der Waals surface area (Å²) in [5, 5.41) is 8.92. The fourth-order valence-corrected chi connectivity index (χ4v) is 3.20. The highest BCUT2D eigenvalue weighted by Crippen LogP contribution is 2.47. The standard InChI is InChI=1S/C27H32N4O3/c1-16(2)18(4)30-24(22-15-27(22,5)6)17(3)25(32)31-19-8-10-20(11-9-19)34-21-12-13-29-23(14-21)26(33)28-7/h8-15,30H,1-7H3,(H,28,33)(H,31,32)/b24-17+. The van der Waals surface area contributed by atoms with Crippen molar-refractivity contribution < 1.29 is 14.3 Å². The zero-order chi connectivity index (χ0) is 25.0. The Morgan fingerprint density at radius 3 is 2.18 bits per heavy atom. The summed E-state index contributed by atoms with van der Waals surface area (Å²) < 4.78 is 5.82. The quantitative estimate of drug-likeness (QED) is 0.464. The zero-order valence-corrected chi connectivity index (χ0v) is 20.8. The fourth-order valence-electron chi connectivity index (χ4n) is 3.20. The molecule has 3 rings (SSSR count). The third-order valence-electron chi connectivity index (χ3n) is 5.70. The Morgan fingerprint density at radius 1 is 0.971 bits per heavy atom. The van der Waals surface area contributed by atoms with Crippen molar-refractivity contribution in [1.29, 1.82) is 0 Å². The van der Waals surface area contributed by atoms with E-state index in [-0.39, 0.29) is 22.9 Å². The molecule has 7 nitrogen and oxygen atoms in total. The van der Waals surface area contributed by atoms with Gasteiger partial charge in [-0.2, -0.15) is 0 Å². The van der Waals surface area contributed by atoms with Crippen LogP contribution in [0.1, 0.15) is 52.0 Å².